The smallest absolute Gasteiger partial charge is 0.230 e. The number of carbonyl (C=O) groups excluding carboxylic acids is 2. The average Bonchev–Trinajstić information content (AvgIpc) is 3.45. The highest BCUT2D eigenvalue weighted by Gasteiger charge is 2.66. The molecule has 0 saturated carbocycles. The van der Waals surface area contributed by atoms with Gasteiger partial charge in [-0.3, -0.25) is 9.59 Å². The maximum absolute atomic E-state index is 13.3. The molecule has 2 bridgehead atoms. The van der Waals surface area contributed by atoms with Gasteiger partial charge in [-0.05, 0) is 18.1 Å². The van der Waals surface area contributed by atoms with Crippen LogP contribution in [0.3, 0.4) is 0 Å². The van der Waals surface area contributed by atoms with Crippen molar-refractivity contribution in [1.82, 2.24) is 10.2 Å². The fraction of sp³-hybridized carbons (Fsp3) is 0.360. The molecule has 0 radical (unpaired) electrons. The van der Waals surface area contributed by atoms with E-state index in [-0.39, 0.29) is 17.9 Å². The zero-order chi connectivity index (χ0) is 21.4. The van der Waals surface area contributed by atoms with Crippen molar-refractivity contribution in [2.45, 2.75) is 24.7 Å². The van der Waals surface area contributed by atoms with Crippen molar-refractivity contribution in [3.8, 4) is 5.75 Å². The predicted octanol–water partition coefficient (Wildman–Crippen LogP) is 2.34. The molecular weight excluding hydrogens is 392 g/mol. The second-order valence-electron chi connectivity index (χ2n) is 8.43. The summed E-state index contributed by atoms with van der Waals surface area (Å²) in [6.07, 6.45) is 4.38. The molecule has 6 heteroatoms. The van der Waals surface area contributed by atoms with E-state index in [4.69, 9.17) is 9.47 Å². The van der Waals surface area contributed by atoms with Crippen LogP contribution in [0.5, 0.6) is 5.75 Å². The van der Waals surface area contributed by atoms with Crippen LogP contribution in [0.2, 0.25) is 0 Å². The first-order valence-corrected chi connectivity index (χ1v) is 10.7. The van der Waals surface area contributed by atoms with Crippen molar-refractivity contribution >= 4 is 11.8 Å². The van der Waals surface area contributed by atoms with Crippen LogP contribution in [-0.2, 0) is 27.3 Å². The Labute approximate surface area is 181 Å². The Hall–Kier alpha value is -3.12. The van der Waals surface area contributed by atoms with Crippen LogP contribution >= 0.6 is 0 Å². The minimum absolute atomic E-state index is 0.0141. The summed E-state index contributed by atoms with van der Waals surface area (Å²) in [7, 11) is 1.61. The number of ether oxygens (including phenoxy) is 2. The molecule has 0 aliphatic carbocycles. The van der Waals surface area contributed by atoms with Gasteiger partial charge in [0, 0.05) is 18.7 Å². The van der Waals surface area contributed by atoms with Crippen molar-refractivity contribution in [2.75, 3.05) is 20.2 Å². The van der Waals surface area contributed by atoms with E-state index in [0.29, 0.717) is 19.6 Å². The molecule has 0 aromatic heterocycles. The van der Waals surface area contributed by atoms with Gasteiger partial charge in [-0.15, -0.1) is 0 Å². The molecule has 31 heavy (non-hydrogen) atoms. The summed E-state index contributed by atoms with van der Waals surface area (Å²) >= 11 is 0. The molecule has 3 aliphatic heterocycles. The third-order valence-corrected chi connectivity index (χ3v) is 6.64. The Bertz CT molecular complexity index is 1020. The summed E-state index contributed by atoms with van der Waals surface area (Å²) in [6.45, 7) is 1.48. The van der Waals surface area contributed by atoms with Crippen LogP contribution in [0.1, 0.15) is 11.1 Å². The zero-order valence-electron chi connectivity index (χ0n) is 17.5. The molecule has 2 aromatic rings. The number of likely N-dealkylation sites (tertiary alicyclic amines) is 1. The third kappa shape index (κ3) is 3.41. The molecule has 1 N–H and O–H groups in total. The summed E-state index contributed by atoms with van der Waals surface area (Å²) in [4.78, 5) is 28.3. The van der Waals surface area contributed by atoms with Crippen LogP contribution < -0.4 is 10.1 Å². The number of rotatable bonds is 7. The molecule has 2 amide bonds. The summed E-state index contributed by atoms with van der Waals surface area (Å²) < 4.78 is 11.6. The number of methoxy groups -OCH3 is 1. The molecule has 0 unspecified atom stereocenters. The zero-order valence-corrected chi connectivity index (χ0v) is 17.5. The fourth-order valence-electron chi connectivity index (χ4n) is 5.12. The van der Waals surface area contributed by atoms with E-state index in [0.717, 1.165) is 17.7 Å². The van der Waals surface area contributed by atoms with Crippen molar-refractivity contribution in [2.24, 2.45) is 11.8 Å². The lowest BCUT2D eigenvalue weighted by atomic mass is 9.77. The Morgan fingerprint density at radius 2 is 1.97 bits per heavy atom. The van der Waals surface area contributed by atoms with E-state index >= 15 is 0 Å². The van der Waals surface area contributed by atoms with Gasteiger partial charge in [0.25, 0.3) is 0 Å². The van der Waals surface area contributed by atoms with Gasteiger partial charge in [0.05, 0.1) is 31.6 Å². The van der Waals surface area contributed by atoms with E-state index in [1.54, 1.807) is 7.11 Å². The van der Waals surface area contributed by atoms with Gasteiger partial charge in [0.2, 0.25) is 11.8 Å². The Kier molecular flexibility index (Phi) is 5.02. The molecule has 3 aliphatic rings. The standard InChI is InChI=1S/C25H26N2O4/c1-30-19-10-6-5-9-18(19)15-26-23(28)21-20-11-13-25(31-20)16-27(24(29)22(21)25)14-12-17-7-3-2-4-8-17/h2-11,13,20-22H,12,14-16H2,1H3,(H,26,28)/t20-,21-,22+,25-/m0/s1. The van der Waals surface area contributed by atoms with Gasteiger partial charge >= 0.3 is 0 Å². The van der Waals surface area contributed by atoms with E-state index in [1.807, 2.05) is 59.5 Å². The molecule has 3 heterocycles. The van der Waals surface area contributed by atoms with E-state index in [1.165, 1.54) is 5.56 Å². The summed E-state index contributed by atoms with van der Waals surface area (Å²) in [5, 5.41) is 3.00. The second-order valence-corrected chi connectivity index (χ2v) is 8.43. The molecule has 160 valence electrons. The normalized spacial score (nSPS) is 28.1. The van der Waals surface area contributed by atoms with E-state index in [2.05, 4.69) is 17.4 Å². The number of hydrogen-bond donors (Lipinski definition) is 1. The van der Waals surface area contributed by atoms with Crippen molar-refractivity contribution in [3.63, 3.8) is 0 Å². The highest BCUT2D eigenvalue weighted by molar-refractivity contribution is 5.93. The first kappa shape index (κ1) is 19.8. The Morgan fingerprint density at radius 1 is 1.19 bits per heavy atom. The molecule has 2 fully saturated rings. The number of para-hydroxylation sites is 1. The lowest BCUT2D eigenvalue weighted by Gasteiger charge is -2.23. The third-order valence-electron chi connectivity index (χ3n) is 6.64. The molecule has 2 aromatic carbocycles. The SMILES string of the molecule is COc1ccccc1CNC(=O)[C@H]1[C@@H]2C=C[C@@]3(CN(CCc4ccccc4)C(=O)[C@@H]13)O2. The van der Waals surface area contributed by atoms with Gasteiger partial charge in [0.1, 0.15) is 11.4 Å². The van der Waals surface area contributed by atoms with Gasteiger partial charge in [0.15, 0.2) is 0 Å². The number of nitrogens with zero attached hydrogens (tertiary/aromatic N) is 1. The van der Waals surface area contributed by atoms with Gasteiger partial charge in [-0.1, -0.05) is 60.7 Å². The molecule has 1 spiro atoms. The lowest BCUT2D eigenvalue weighted by Crippen LogP contribution is -2.44. The topological polar surface area (TPSA) is 67.9 Å². The average molecular weight is 418 g/mol. The minimum atomic E-state index is -0.676. The van der Waals surface area contributed by atoms with Crippen LogP contribution in [0.15, 0.2) is 66.7 Å². The quantitative estimate of drug-likeness (QED) is 0.701. The second kappa shape index (κ2) is 7.85. The van der Waals surface area contributed by atoms with E-state index in [9.17, 15) is 9.59 Å². The highest BCUT2D eigenvalue weighted by Crippen LogP contribution is 2.51. The molecular formula is C25H26N2O4. The first-order valence-electron chi connectivity index (χ1n) is 10.7. The number of nitrogens with one attached hydrogen (secondary N) is 1. The van der Waals surface area contributed by atoms with Crippen LogP contribution in [-0.4, -0.2) is 48.6 Å². The summed E-state index contributed by atoms with van der Waals surface area (Å²) in [5.41, 5.74) is 1.41. The number of amides is 2. The van der Waals surface area contributed by atoms with Gasteiger partial charge in [-0.2, -0.15) is 0 Å². The van der Waals surface area contributed by atoms with Crippen LogP contribution in [0.25, 0.3) is 0 Å². The first-order chi connectivity index (χ1) is 15.1. The monoisotopic (exact) mass is 418 g/mol. The number of carbonyl (C=O) groups is 2. The van der Waals surface area contributed by atoms with Crippen molar-refractivity contribution < 1.29 is 19.1 Å². The maximum Gasteiger partial charge on any atom is 0.230 e. The molecule has 6 nitrogen and oxygen atoms in total. The molecule has 5 rings (SSSR count). The lowest BCUT2D eigenvalue weighted by molar-refractivity contribution is -0.137. The highest BCUT2D eigenvalue weighted by atomic mass is 16.5. The van der Waals surface area contributed by atoms with Crippen LogP contribution in [0, 0.1) is 11.8 Å². The fourth-order valence-corrected chi connectivity index (χ4v) is 5.12. The predicted molar refractivity (Wildman–Crippen MR) is 115 cm³/mol. The van der Waals surface area contributed by atoms with Crippen molar-refractivity contribution in [3.05, 3.63) is 77.9 Å². The Morgan fingerprint density at radius 3 is 2.77 bits per heavy atom. The molecule has 2 saturated heterocycles. The van der Waals surface area contributed by atoms with Gasteiger partial charge < -0.3 is 19.7 Å². The van der Waals surface area contributed by atoms with Crippen LogP contribution in [0.4, 0.5) is 0 Å². The number of benzene rings is 2. The molecule has 4 atom stereocenters. The summed E-state index contributed by atoms with van der Waals surface area (Å²) in [6, 6.07) is 17.7. The summed E-state index contributed by atoms with van der Waals surface area (Å²) in [5.74, 6) is -0.372. The van der Waals surface area contributed by atoms with Gasteiger partial charge in [-0.25, -0.2) is 0 Å². The largest absolute Gasteiger partial charge is 0.496 e. The van der Waals surface area contributed by atoms with Crippen molar-refractivity contribution in [1.29, 1.82) is 0 Å². The Balaban J connectivity index is 1.28. The maximum atomic E-state index is 13.3. The number of fused-ring (bicyclic) bond motifs is 1. The minimum Gasteiger partial charge on any atom is -0.496 e. The number of hydrogen-bond acceptors (Lipinski definition) is 4. The van der Waals surface area contributed by atoms with E-state index < -0.39 is 17.4 Å².